The molecule has 0 aliphatic heterocycles. The fourth-order valence-corrected chi connectivity index (χ4v) is 2.39. The van der Waals surface area contributed by atoms with Gasteiger partial charge in [-0.2, -0.15) is 0 Å². The van der Waals surface area contributed by atoms with Gasteiger partial charge in [-0.05, 0) is 44.0 Å². The minimum Gasteiger partial charge on any atom is -0.348 e. The van der Waals surface area contributed by atoms with Gasteiger partial charge in [-0.25, -0.2) is 9.97 Å². The number of carbonyl (C=O) groups is 1. The predicted octanol–water partition coefficient (Wildman–Crippen LogP) is 3.73. The van der Waals surface area contributed by atoms with Gasteiger partial charge < -0.3 is 10.6 Å². The van der Waals surface area contributed by atoms with Gasteiger partial charge in [-0.15, -0.1) is 0 Å². The molecule has 7 heteroatoms. The number of nitrogens with one attached hydrogen (secondary N) is 2. The van der Waals surface area contributed by atoms with Gasteiger partial charge in [0.05, 0.1) is 10.7 Å². The van der Waals surface area contributed by atoms with Crippen molar-refractivity contribution >= 4 is 40.7 Å². The molecule has 2 N–H and O–H groups in total. The third-order valence-electron chi connectivity index (χ3n) is 3.18. The summed E-state index contributed by atoms with van der Waals surface area (Å²) in [4.78, 5) is 20.6. The predicted molar refractivity (Wildman–Crippen MR) is 87.0 cm³/mol. The first-order valence-corrected chi connectivity index (χ1v) is 7.65. The number of hydrogen-bond acceptors (Lipinski definition) is 4. The van der Waals surface area contributed by atoms with Crippen LogP contribution < -0.4 is 10.6 Å². The third kappa shape index (κ3) is 3.67. The smallest absolute Gasteiger partial charge is 0.270 e. The Morgan fingerprint density at radius 3 is 2.68 bits per heavy atom. The highest BCUT2D eigenvalue weighted by molar-refractivity contribution is 6.36. The lowest BCUT2D eigenvalue weighted by atomic mass is 10.3. The molecule has 0 bridgehead atoms. The summed E-state index contributed by atoms with van der Waals surface area (Å²) in [7, 11) is 0. The van der Waals surface area contributed by atoms with Crippen molar-refractivity contribution in [3.05, 3.63) is 45.7 Å². The molecule has 0 atom stereocenters. The lowest BCUT2D eigenvalue weighted by Crippen LogP contribution is -2.26. The van der Waals surface area contributed by atoms with Crippen LogP contribution in [0.3, 0.4) is 0 Å². The molecular formula is C15H14Cl2N4O. The van der Waals surface area contributed by atoms with E-state index < -0.39 is 0 Å². The highest BCUT2D eigenvalue weighted by atomic mass is 35.5. The van der Waals surface area contributed by atoms with Gasteiger partial charge in [-0.3, -0.25) is 4.79 Å². The second kappa shape index (κ2) is 6.10. The Hall–Kier alpha value is -1.85. The maximum absolute atomic E-state index is 12.1. The van der Waals surface area contributed by atoms with Crippen molar-refractivity contribution in [3.8, 4) is 0 Å². The van der Waals surface area contributed by atoms with Gasteiger partial charge in [0.2, 0.25) is 5.95 Å². The molecule has 2 aromatic rings. The lowest BCUT2D eigenvalue weighted by molar-refractivity contribution is 0.0946. The average molecular weight is 337 g/mol. The van der Waals surface area contributed by atoms with E-state index in [1.165, 1.54) is 0 Å². The summed E-state index contributed by atoms with van der Waals surface area (Å²) in [6.45, 7) is 1.81. The maximum atomic E-state index is 12.1. The van der Waals surface area contributed by atoms with Crippen LogP contribution in [-0.2, 0) is 0 Å². The van der Waals surface area contributed by atoms with Crippen molar-refractivity contribution in [2.24, 2.45) is 0 Å². The van der Waals surface area contributed by atoms with Crippen molar-refractivity contribution < 1.29 is 4.79 Å². The summed E-state index contributed by atoms with van der Waals surface area (Å²) in [5.74, 6) is 0.142. The first kappa shape index (κ1) is 15.1. The normalized spacial score (nSPS) is 13.8. The summed E-state index contributed by atoms with van der Waals surface area (Å²) in [5.41, 5.74) is 1.67. The Morgan fingerprint density at radius 2 is 2.00 bits per heavy atom. The van der Waals surface area contributed by atoms with Crippen LogP contribution in [0.15, 0.2) is 24.3 Å². The summed E-state index contributed by atoms with van der Waals surface area (Å²) in [6, 6.07) is 7.02. The number of halogens is 2. The SMILES string of the molecule is Cc1cc(C(=O)NC2CC2)nc(Nc2ccc(Cl)cc2Cl)n1. The number of hydrogen-bond donors (Lipinski definition) is 2. The van der Waals surface area contributed by atoms with Crippen molar-refractivity contribution in [1.82, 2.24) is 15.3 Å². The van der Waals surface area contributed by atoms with Gasteiger partial charge in [-0.1, -0.05) is 23.2 Å². The molecule has 114 valence electrons. The minimum absolute atomic E-state index is 0.182. The van der Waals surface area contributed by atoms with E-state index in [-0.39, 0.29) is 11.9 Å². The fraction of sp³-hybridized carbons (Fsp3) is 0.267. The number of rotatable bonds is 4. The largest absolute Gasteiger partial charge is 0.348 e. The number of nitrogens with zero attached hydrogens (tertiary/aromatic N) is 2. The van der Waals surface area contributed by atoms with E-state index in [4.69, 9.17) is 23.2 Å². The summed E-state index contributed by atoms with van der Waals surface area (Å²) in [5, 5.41) is 6.92. The molecule has 22 heavy (non-hydrogen) atoms. The Kier molecular flexibility index (Phi) is 4.18. The summed E-state index contributed by atoms with van der Waals surface area (Å²) < 4.78 is 0. The first-order chi connectivity index (χ1) is 10.5. The average Bonchev–Trinajstić information content (AvgIpc) is 3.25. The van der Waals surface area contributed by atoms with Gasteiger partial charge >= 0.3 is 0 Å². The maximum Gasteiger partial charge on any atom is 0.270 e. The molecule has 0 spiro atoms. The van der Waals surface area contributed by atoms with Gasteiger partial charge in [0.1, 0.15) is 5.69 Å². The molecule has 0 unspecified atom stereocenters. The van der Waals surface area contributed by atoms with Crippen LogP contribution in [0.25, 0.3) is 0 Å². The van der Waals surface area contributed by atoms with E-state index in [9.17, 15) is 4.79 Å². The Morgan fingerprint density at radius 1 is 1.23 bits per heavy atom. The monoisotopic (exact) mass is 336 g/mol. The second-order valence-electron chi connectivity index (χ2n) is 5.22. The number of amides is 1. The van der Waals surface area contributed by atoms with Crippen LogP contribution in [0.4, 0.5) is 11.6 Å². The van der Waals surface area contributed by atoms with Gasteiger partial charge in [0.25, 0.3) is 5.91 Å². The Labute approximate surface area is 138 Å². The van der Waals surface area contributed by atoms with E-state index in [1.807, 2.05) is 6.92 Å². The quantitative estimate of drug-likeness (QED) is 0.892. The third-order valence-corrected chi connectivity index (χ3v) is 3.72. The van der Waals surface area contributed by atoms with E-state index in [0.29, 0.717) is 33.1 Å². The van der Waals surface area contributed by atoms with Crippen LogP contribution in [0.5, 0.6) is 0 Å². The first-order valence-electron chi connectivity index (χ1n) is 6.90. The second-order valence-corrected chi connectivity index (χ2v) is 6.06. The van der Waals surface area contributed by atoms with E-state index in [0.717, 1.165) is 12.8 Å². The molecule has 1 amide bonds. The number of benzene rings is 1. The summed E-state index contributed by atoms with van der Waals surface area (Å²) in [6.07, 6.45) is 2.06. The molecular weight excluding hydrogens is 323 g/mol. The lowest BCUT2D eigenvalue weighted by Gasteiger charge is -2.10. The van der Waals surface area contributed by atoms with Gasteiger partial charge in [0.15, 0.2) is 0 Å². The van der Waals surface area contributed by atoms with E-state index in [1.54, 1.807) is 24.3 Å². The minimum atomic E-state index is -0.182. The van der Waals surface area contributed by atoms with Crippen LogP contribution in [0.2, 0.25) is 10.0 Å². The van der Waals surface area contributed by atoms with Crippen LogP contribution in [-0.4, -0.2) is 21.9 Å². The summed E-state index contributed by atoms with van der Waals surface area (Å²) >= 11 is 12.0. The molecule has 3 rings (SSSR count). The number of aromatic nitrogens is 2. The molecule has 1 heterocycles. The Balaban J connectivity index is 1.83. The molecule has 1 aliphatic rings. The number of anilines is 2. The fourth-order valence-electron chi connectivity index (χ4n) is 1.94. The zero-order valence-electron chi connectivity index (χ0n) is 11.9. The topological polar surface area (TPSA) is 66.9 Å². The van der Waals surface area contributed by atoms with E-state index >= 15 is 0 Å². The van der Waals surface area contributed by atoms with Crippen LogP contribution in [0, 0.1) is 6.92 Å². The highest BCUT2D eigenvalue weighted by Gasteiger charge is 2.24. The highest BCUT2D eigenvalue weighted by Crippen LogP contribution is 2.27. The molecule has 1 saturated carbocycles. The zero-order chi connectivity index (χ0) is 15.7. The Bertz CT molecular complexity index is 731. The number of aryl methyl sites for hydroxylation is 1. The molecule has 0 saturated heterocycles. The van der Waals surface area contributed by atoms with E-state index in [2.05, 4.69) is 20.6 Å². The molecule has 1 fully saturated rings. The van der Waals surface area contributed by atoms with Gasteiger partial charge in [0, 0.05) is 16.8 Å². The van der Waals surface area contributed by atoms with Crippen molar-refractivity contribution in [2.75, 3.05) is 5.32 Å². The standard InChI is InChI=1S/C15H14Cl2N4O/c1-8-6-13(14(22)19-10-3-4-10)21-15(18-8)20-12-5-2-9(16)7-11(12)17/h2,5-7,10H,3-4H2,1H3,(H,19,22)(H,18,20,21). The van der Waals surface area contributed by atoms with Crippen LogP contribution >= 0.6 is 23.2 Å². The molecule has 1 aromatic carbocycles. The molecule has 1 aliphatic carbocycles. The van der Waals surface area contributed by atoms with Crippen molar-refractivity contribution in [2.45, 2.75) is 25.8 Å². The molecule has 1 aromatic heterocycles. The molecule has 0 radical (unpaired) electrons. The molecule has 5 nitrogen and oxygen atoms in total. The van der Waals surface area contributed by atoms with Crippen molar-refractivity contribution in [3.63, 3.8) is 0 Å². The number of carbonyl (C=O) groups excluding carboxylic acids is 1. The zero-order valence-corrected chi connectivity index (χ0v) is 13.4. The van der Waals surface area contributed by atoms with Crippen LogP contribution in [0.1, 0.15) is 29.0 Å². The van der Waals surface area contributed by atoms with Crippen molar-refractivity contribution in [1.29, 1.82) is 0 Å².